The minimum atomic E-state index is -0.747. The fourth-order valence-corrected chi connectivity index (χ4v) is 2.40. The average molecular weight is 381 g/mol. The molecule has 26 heavy (non-hydrogen) atoms. The Morgan fingerprint density at radius 2 is 1.54 bits per heavy atom. The summed E-state index contributed by atoms with van der Waals surface area (Å²) in [6.45, 7) is 10.9. The van der Waals surface area contributed by atoms with E-state index in [1.165, 1.54) is 16.7 Å². The van der Waals surface area contributed by atoms with Crippen LogP contribution in [0.5, 0.6) is 0 Å². The zero-order valence-corrected chi connectivity index (χ0v) is 17.3. The Morgan fingerprint density at radius 1 is 1.00 bits per heavy atom. The molecule has 0 aromatic heterocycles. The summed E-state index contributed by atoms with van der Waals surface area (Å²) in [5.41, 5.74) is -0.439. The van der Waals surface area contributed by atoms with Gasteiger partial charge in [0.05, 0.1) is 6.54 Å². The molecular weight excluding hydrogens is 352 g/mol. The molecule has 0 bridgehead atoms. The van der Waals surface area contributed by atoms with E-state index in [2.05, 4.69) is 4.99 Å². The number of carbonyl (C=O) groups is 2. The lowest BCUT2D eigenvalue weighted by molar-refractivity contribution is 0.0363. The van der Waals surface area contributed by atoms with Gasteiger partial charge in [-0.2, -0.15) is 4.99 Å². The molecule has 0 heterocycles. The maximum absolute atomic E-state index is 12.7. The third kappa shape index (κ3) is 8.38. The van der Waals surface area contributed by atoms with Crippen LogP contribution in [0.4, 0.5) is 9.59 Å². The average Bonchev–Trinajstić information content (AvgIpc) is 2.48. The van der Waals surface area contributed by atoms with Gasteiger partial charge in [0, 0.05) is 0 Å². The van der Waals surface area contributed by atoms with Crippen LogP contribution in [-0.2, 0) is 16.0 Å². The van der Waals surface area contributed by atoms with Crippen molar-refractivity contribution >= 4 is 29.1 Å². The predicted octanol–water partition coefficient (Wildman–Crippen LogP) is 5.08. The molecule has 1 rings (SSSR count). The van der Waals surface area contributed by atoms with E-state index < -0.39 is 23.4 Å². The van der Waals surface area contributed by atoms with Gasteiger partial charge in [0.15, 0.2) is 5.17 Å². The number of carbonyl (C=O) groups excluding carboxylic acids is 2. The Morgan fingerprint density at radius 3 is 2.00 bits per heavy atom. The monoisotopic (exact) mass is 380 g/mol. The Balaban J connectivity index is 3.14. The Labute approximate surface area is 160 Å². The van der Waals surface area contributed by atoms with Crippen molar-refractivity contribution in [3.63, 3.8) is 0 Å². The SMILES string of the molecule is CS/C(=N/C(=O)OC(C)(C)C)N(Cc1ccccc1)C(=O)OC(C)(C)C. The van der Waals surface area contributed by atoms with Gasteiger partial charge < -0.3 is 9.47 Å². The summed E-state index contributed by atoms with van der Waals surface area (Å²) in [6.07, 6.45) is 0.424. The van der Waals surface area contributed by atoms with Crippen LogP contribution in [0, 0.1) is 0 Å². The van der Waals surface area contributed by atoms with Crippen LogP contribution in [0.3, 0.4) is 0 Å². The van der Waals surface area contributed by atoms with Crippen molar-refractivity contribution in [2.75, 3.05) is 6.26 Å². The van der Waals surface area contributed by atoms with Gasteiger partial charge in [-0.25, -0.2) is 9.59 Å². The largest absolute Gasteiger partial charge is 0.443 e. The van der Waals surface area contributed by atoms with Crippen LogP contribution in [-0.4, -0.2) is 39.7 Å². The van der Waals surface area contributed by atoms with Crippen LogP contribution >= 0.6 is 11.8 Å². The number of hydrogen-bond donors (Lipinski definition) is 0. The van der Waals surface area contributed by atoms with Crippen LogP contribution in [0.1, 0.15) is 47.1 Å². The molecule has 6 nitrogen and oxygen atoms in total. The summed E-state index contributed by atoms with van der Waals surface area (Å²) < 4.78 is 10.7. The fourth-order valence-electron chi connectivity index (χ4n) is 1.87. The first-order valence-electron chi connectivity index (χ1n) is 8.31. The van der Waals surface area contributed by atoms with Gasteiger partial charge in [-0.3, -0.25) is 4.90 Å². The summed E-state index contributed by atoms with van der Waals surface area (Å²) in [4.78, 5) is 30.1. The van der Waals surface area contributed by atoms with Gasteiger partial charge in [-0.05, 0) is 53.4 Å². The molecule has 0 aliphatic carbocycles. The molecular formula is C19H28N2O4S. The Bertz CT molecular complexity index is 646. The van der Waals surface area contributed by atoms with Crippen molar-refractivity contribution in [1.29, 1.82) is 0 Å². The zero-order valence-electron chi connectivity index (χ0n) is 16.5. The molecule has 0 aliphatic rings. The number of aliphatic imine (C=N–C) groups is 1. The zero-order chi connectivity index (χ0) is 20.0. The quantitative estimate of drug-likeness (QED) is 0.529. The summed E-state index contributed by atoms with van der Waals surface area (Å²) in [6, 6.07) is 9.44. The first-order valence-corrected chi connectivity index (χ1v) is 9.54. The van der Waals surface area contributed by atoms with E-state index in [1.807, 2.05) is 30.3 Å². The molecule has 144 valence electrons. The van der Waals surface area contributed by atoms with Gasteiger partial charge >= 0.3 is 12.2 Å². The second-order valence-corrected chi connectivity index (χ2v) is 8.40. The van der Waals surface area contributed by atoms with Crippen LogP contribution in [0.25, 0.3) is 0 Å². The van der Waals surface area contributed by atoms with Crippen molar-refractivity contribution in [2.24, 2.45) is 4.99 Å². The van der Waals surface area contributed by atoms with E-state index in [1.54, 1.807) is 47.8 Å². The van der Waals surface area contributed by atoms with Crippen LogP contribution in [0.2, 0.25) is 0 Å². The highest BCUT2D eigenvalue weighted by molar-refractivity contribution is 8.13. The van der Waals surface area contributed by atoms with Gasteiger partial charge in [0.1, 0.15) is 11.2 Å². The summed E-state index contributed by atoms with van der Waals surface area (Å²) in [5.74, 6) is 0. The third-order valence-electron chi connectivity index (χ3n) is 2.79. The molecule has 0 aliphatic heterocycles. The fraction of sp³-hybridized carbons (Fsp3) is 0.526. The number of amidine groups is 1. The lowest BCUT2D eigenvalue weighted by Gasteiger charge is -2.27. The molecule has 0 fully saturated rings. The lowest BCUT2D eigenvalue weighted by Crippen LogP contribution is -2.39. The maximum Gasteiger partial charge on any atom is 0.436 e. The predicted molar refractivity (Wildman–Crippen MR) is 105 cm³/mol. The second-order valence-electron chi connectivity index (χ2n) is 7.63. The van der Waals surface area contributed by atoms with Gasteiger partial charge in [0.25, 0.3) is 0 Å². The smallest absolute Gasteiger partial charge is 0.436 e. The number of nitrogens with zero attached hydrogens (tertiary/aromatic N) is 2. The summed E-state index contributed by atoms with van der Waals surface area (Å²) in [7, 11) is 0. The number of amides is 2. The highest BCUT2D eigenvalue weighted by atomic mass is 32.2. The third-order valence-corrected chi connectivity index (χ3v) is 3.47. The minimum Gasteiger partial charge on any atom is -0.443 e. The molecule has 0 saturated heterocycles. The first kappa shape index (κ1) is 22.0. The summed E-state index contributed by atoms with van der Waals surface area (Å²) >= 11 is 1.18. The molecule has 0 saturated carbocycles. The number of ether oxygens (including phenoxy) is 2. The standard InChI is InChI=1S/C19H28N2O4S/c1-18(2,3)24-16(22)20-15(26-7)21(17(23)25-19(4,5)6)13-14-11-9-8-10-12-14/h8-12H,13H2,1-7H3/b20-15+. The second kappa shape index (κ2) is 9.07. The van der Waals surface area contributed by atoms with Crippen LogP contribution < -0.4 is 0 Å². The minimum absolute atomic E-state index is 0.220. The molecule has 1 aromatic rings. The maximum atomic E-state index is 12.7. The first-order chi connectivity index (χ1) is 11.9. The molecule has 0 spiro atoms. The van der Waals surface area contributed by atoms with Crippen molar-refractivity contribution in [3.05, 3.63) is 35.9 Å². The van der Waals surface area contributed by atoms with E-state index in [0.717, 1.165) is 5.56 Å². The highest BCUT2D eigenvalue weighted by Gasteiger charge is 2.27. The molecule has 0 atom stereocenters. The van der Waals surface area contributed by atoms with E-state index in [-0.39, 0.29) is 11.7 Å². The molecule has 1 aromatic carbocycles. The normalized spacial score (nSPS) is 12.5. The van der Waals surface area contributed by atoms with Crippen LogP contribution in [0.15, 0.2) is 35.3 Å². The lowest BCUT2D eigenvalue weighted by atomic mass is 10.2. The molecule has 2 amide bonds. The molecule has 0 radical (unpaired) electrons. The topological polar surface area (TPSA) is 68.2 Å². The number of rotatable bonds is 2. The van der Waals surface area contributed by atoms with E-state index in [4.69, 9.17) is 9.47 Å². The Kier molecular flexibility index (Phi) is 7.68. The Hall–Kier alpha value is -2.02. The van der Waals surface area contributed by atoms with Gasteiger partial charge in [-0.1, -0.05) is 42.1 Å². The number of thioether (sulfide) groups is 1. The van der Waals surface area contributed by atoms with Crippen molar-refractivity contribution < 1.29 is 19.1 Å². The van der Waals surface area contributed by atoms with E-state index in [9.17, 15) is 9.59 Å². The van der Waals surface area contributed by atoms with Crippen molar-refractivity contribution in [3.8, 4) is 0 Å². The van der Waals surface area contributed by atoms with Gasteiger partial charge in [0.2, 0.25) is 0 Å². The number of benzene rings is 1. The molecule has 7 heteroatoms. The molecule has 0 N–H and O–H groups in total. The van der Waals surface area contributed by atoms with E-state index in [0.29, 0.717) is 0 Å². The van der Waals surface area contributed by atoms with Crippen molar-refractivity contribution in [1.82, 2.24) is 4.90 Å². The highest BCUT2D eigenvalue weighted by Crippen LogP contribution is 2.18. The van der Waals surface area contributed by atoms with E-state index >= 15 is 0 Å². The molecule has 0 unspecified atom stereocenters. The summed E-state index contributed by atoms with van der Waals surface area (Å²) in [5, 5.41) is 0.220. The van der Waals surface area contributed by atoms with Gasteiger partial charge in [-0.15, -0.1) is 0 Å². The van der Waals surface area contributed by atoms with Crippen molar-refractivity contribution in [2.45, 2.75) is 59.3 Å². The number of hydrogen-bond acceptors (Lipinski definition) is 5.